The molecule has 0 saturated carbocycles. The fourth-order valence-electron chi connectivity index (χ4n) is 0.136. The van der Waals surface area contributed by atoms with Gasteiger partial charge in [0.25, 0.3) is 0 Å². The molecule has 0 amide bonds. The van der Waals surface area contributed by atoms with Crippen molar-refractivity contribution < 1.29 is 19.8 Å². The fourth-order valence-corrected chi connectivity index (χ4v) is 0.136. The Hall–Kier alpha value is -0.398. The first kappa shape index (κ1) is 11.4. The molecule has 9 heavy (non-hydrogen) atoms. The van der Waals surface area contributed by atoms with Gasteiger partial charge in [-0.15, -0.1) is 0 Å². The van der Waals surface area contributed by atoms with Crippen LogP contribution in [0.2, 0.25) is 0 Å². The van der Waals surface area contributed by atoms with E-state index in [1.54, 1.807) is 0 Å². The van der Waals surface area contributed by atoms with Gasteiger partial charge in [-0.3, -0.25) is 0 Å². The zero-order chi connectivity index (χ0) is 6.57. The molecule has 5 heteroatoms. The van der Waals surface area contributed by atoms with E-state index < -0.39 is 11.9 Å². The fraction of sp³-hybridized carbons (Fsp3) is 0. The molecule has 0 fully saturated rings. The van der Waals surface area contributed by atoms with Crippen molar-refractivity contribution in [3.63, 3.8) is 0 Å². The molecule has 0 spiro atoms. The summed E-state index contributed by atoms with van der Waals surface area (Å²) in [7, 11) is 0. The van der Waals surface area contributed by atoms with Crippen LogP contribution in [0, 0.1) is 0 Å². The van der Waals surface area contributed by atoms with Crippen LogP contribution in [-0.4, -0.2) is 39.2 Å². The third-order valence-electron chi connectivity index (χ3n) is 0.355. The number of hydrogen-bond donors (Lipinski definition) is 0. The van der Waals surface area contributed by atoms with Gasteiger partial charge in [0.15, 0.2) is 0 Å². The van der Waals surface area contributed by atoms with Gasteiger partial charge in [0.05, 0.1) is 11.9 Å². The molecule has 4 nitrogen and oxygen atoms in total. The topological polar surface area (TPSA) is 80.3 Å². The molecule has 0 aromatic carbocycles. The Bertz CT molecular complexity index is 124. The third kappa shape index (κ3) is 11.3. The molecule has 0 heterocycles. The molecule has 0 aromatic heterocycles. The van der Waals surface area contributed by atoms with Gasteiger partial charge in [0.1, 0.15) is 0 Å². The SMILES string of the molecule is O=C([O-])/C=C\C(=O)[O-].[Pb+2]. The van der Waals surface area contributed by atoms with Crippen LogP contribution >= 0.6 is 0 Å². The van der Waals surface area contributed by atoms with E-state index in [-0.39, 0.29) is 27.3 Å². The van der Waals surface area contributed by atoms with E-state index in [0.29, 0.717) is 12.2 Å². The van der Waals surface area contributed by atoms with Gasteiger partial charge in [-0.2, -0.15) is 0 Å². The molecule has 0 bridgehead atoms. The summed E-state index contributed by atoms with van der Waals surface area (Å²) in [5.74, 6) is -3.09. The number of carbonyl (C=O) groups excluding carboxylic acids is 2. The average Bonchev–Trinajstić information content (AvgIpc) is 1.61. The van der Waals surface area contributed by atoms with Crippen molar-refractivity contribution in [3.05, 3.63) is 12.2 Å². The molecule has 0 unspecified atom stereocenters. The second kappa shape index (κ2) is 5.73. The minimum absolute atomic E-state index is 0. The summed E-state index contributed by atoms with van der Waals surface area (Å²) in [6.07, 6.45) is 0.769. The predicted molar refractivity (Wildman–Crippen MR) is 24.9 cm³/mol. The smallest absolute Gasteiger partial charge is 0.545 e. The molecule has 0 aliphatic heterocycles. The van der Waals surface area contributed by atoms with E-state index >= 15 is 0 Å². The van der Waals surface area contributed by atoms with Crippen LogP contribution in [-0.2, 0) is 9.59 Å². The second-order valence-corrected chi connectivity index (χ2v) is 0.971. The van der Waals surface area contributed by atoms with Crippen LogP contribution in [0.5, 0.6) is 0 Å². The van der Waals surface area contributed by atoms with Gasteiger partial charge in [-0.25, -0.2) is 0 Å². The first-order valence-corrected chi connectivity index (χ1v) is 1.73. The van der Waals surface area contributed by atoms with Gasteiger partial charge in [0.2, 0.25) is 0 Å². The number of rotatable bonds is 2. The summed E-state index contributed by atoms with van der Waals surface area (Å²) < 4.78 is 0. The maximum absolute atomic E-state index is 9.41. The van der Waals surface area contributed by atoms with Crippen molar-refractivity contribution in [1.29, 1.82) is 0 Å². The normalized spacial score (nSPS) is 8.44. The molecule has 46 valence electrons. The zero-order valence-corrected chi connectivity index (χ0v) is 8.18. The van der Waals surface area contributed by atoms with Crippen molar-refractivity contribution in [2.75, 3.05) is 0 Å². The summed E-state index contributed by atoms with van der Waals surface area (Å²) in [4.78, 5) is 18.8. The monoisotopic (exact) mass is 322 g/mol. The molecule has 0 rings (SSSR count). The molecule has 0 saturated heterocycles. The Balaban J connectivity index is 0. The largest absolute Gasteiger partial charge is 2.00 e. The van der Waals surface area contributed by atoms with Gasteiger partial charge < -0.3 is 19.8 Å². The van der Waals surface area contributed by atoms with Crippen molar-refractivity contribution in [2.45, 2.75) is 0 Å². The van der Waals surface area contributed by atoms with Crippen molar-refractivity contribution >= 4 is 39.2 Å². The quantitative estimate of drug-likeness (QED) is 0.393. The molecule has 0 aromatic rings. The summed E-state index contributed by atoms with van der Waals surface area (Å²) in [5, 5.41) is 18.8. The molecular formula is C4H2O4Pb. The van der Waals surface area contributed by atoms with Gasteiger partial charge in [0, 0.05) is 0 Å². The maximum atomic E-state index is 9.41. The Kier molecular flexibility index (Phi) is 7.27. The second-order valence-electron chi connectivity index (χ2n) is 0.971. The van der Waals surface area contributed by atoms with Gasteiger partial charge >= 0.3 is 27.3 Å². The van der Waals surface area contributed by atoms with Crippen LogP contribution in [0.4, 0.5) is 0 Å². The Morgan fingerprint density at radius 1 is 1.00 bits per heavy atom. The first-order valence-electron chi connectivity index (χ1n) is 1.73. The van der Waals surface area contributed by atoms with Crippen molar-refractivity contribution in [1.82, 2.24) is 0 Å². The maximum Gasteiger partial charge on any atom is 2.00 e. The van der Waals surface area contributed by atoms with Crippen LogP contribution in [0.15, 0.2) is 12.2 Å². The summed E-state index contributed by atoms with van der Waals surface area (Å²) in [5.41, 5.74) is 0. The molecule has 0 N–H and O–H groups in total. The van der Waals surface area contributed by atoms with Crippen molar-refractivity contribution in [2.24, 2.45) is 0 Å². The van der Waals surface area contributed by atoms with Crippen LogP contribution < -0.4 is 10.2 Å². The van der Waals surface area contributed by atoms with E-state index in [9.17, 15) is 19.8 Å². The Labute approximate surface area is 71.3 Å². The third-order valence-corrected chi connectivity index (χ3v) is 0.355. The predicted octanol–water partition coefficient (Wildman–Crippen LogP) is -3.34. The van der Waals surface area contributed by atoms with Crippen molar-refractivity contribution in [3.8, 4) is 0 Å². The molecule has 0 atom stereocenters. The molecule has 2 radical (unpaired) electrons. The zero-order valence-electron chi connectivity index (χ0n) is 4.29. The van der Waals surface area contributed by atoms with E-state index in [4.69, 9.17) is 0 Å². The number of carboxylic acids is 2. The van der Waals surface area contributed by atoms with E-state index in [0.717, 1.165) is 0 Å². The number of carbonyl (C=O) groups is 2. The molecule has 0 aliphatic carbocycles. The van der Waals surface area contributed by atoms with Gasteiger partial charge in [-0.05, 0) is 12.2 Å². The summed E-state index contributed by atoms with van der Waals surface area (Å²) >= 11 is 0. The van der Waals surface area contributed by atoms with E-state index in [1.165, 1.54) is 0 Å². The van der Waals surface area contributed by atoms with Crippen LogP contribution in [0.25, 0.3) is 0 Å². The standard InChI is InChI=1S/C4H4O4.Pb/c5-3(6)1-2-4(7)8;/h1-2H,(H,5,6)(H,7,8);/q;+2/p-2/b2-1-;. The number of aliphatic carboxylic acids is 2. The average molecular weight is 321 g/mol. The number of hydrogen-bond acceptors (Lipinski definition) is 4. The number of carboxylic acid groups (broad SMARTS) is 2. The minimum atomic E-state index is -1.55. The summed E-state index contributed by atoms with van der Waals surface area (Å²) in [6, 6.07) is 0. The first-order chi connectivity index (χ1) is 3.63. The van der Waals surface area contributed by atoms with Crippen LogP contribution in [0.1, 0.15) is 0 Å². The van der Waals surface area contributed by atoms with E-state index in [1.807, 2.05) is 0 Å². The van der Waals surface area contributed by atoms with Crippen LogP contribution in [0.3, 0.4) is 0 Å². The molecular weight excluding hydrogens is 319 g/mol. The Morgan fingerprint density at radius 2 is 1.22 bits per heavy atom. The van der Waals surface area contributed by atoms with Gasteiger partial charge in [-0.1, -0.05) is 0 Å². The Morgan fingerprint density at radius 3 is 1.33 bits per heavy atom. The van der Waals surface area contributed by atoms with E-state index in [2.05, 4.69) is 0 Å². The minimum Gasteiger partial charge on any atom is -0.545 e. The summed E-state index contributed by atoms with van der Waals surface area (Å²) in [6.45, 7) is 0. The molecule has 0 aliphatic rings.